The molecule has 11 heteroatoms. The van der Waals surface area contributed by atoms with Gasteiger partial charge in [-0.3, -0.25) is 4.79 Å². The van der Waals surface area contributed by atoms with Gasteiger partial charge in [0.1, 0.15) is 35.4 Å². The van der Waals surface area contributed by atoms with Crippen LogP contribution in [0, 0.1) is 0 Å². The summed E-state index contributed by atoms with van der Waals surface area (Å²) in [7, 11) is 1.53. The fourth-order valence-electron chi connectivity index (χ4n) is 5.09. The molecule has 0 saturated carbocycles. The van der Waals surface area contributed by atoms with Crippen LogP contribution in [0.15, 0.2) is 54.6 Å². The van der Waals surface area contributed by atoms with Gasteiger partial charge in [0.05, 0.1) is 18.7 Å². The average molecular weight is 539 g/mol. The molecule has 0 fully saturated rings. The molecule has 202 valence electrons. The number of fused-ring (bicyclic) bond motifs is 3. The van der Waals surface area contributed by atoms with Crippen molar-refractivity contribution in [2.75, 3.05) is 13.7 Å². The van der Waals surface area contributed by atoms with Gasteiger partial charge in [-0.25, -0.2) is 4.79 Å². The van der Waals surface area contributed by atoms with Crippen LogP contribution < -0.4 is 29.0 Å². The summed E-state index contributed by atoms with van der Waals surface area (Å²) in [4.78, 5) is 25.1. The zero-order valence-electron chi connectivity index (χ0n) is 20.8. The fourth-order valence-corrected chi connectivity index (χ4v) is 5.09. The molecule has 3 aromatic rings. The smallest absolute Gasteiger partial charge is 0.497 e. The van der Waals surface area contributed by atoms with Crippen LogP contribution in [-0.4, -0.2) is 37.0 Å². The van der Waals surface area contributed by atoms with E-state index >= 15 is 0 Å². The van der Waals surface area contributed by atoms with E-state index in [4.69, 9.17) is 14.2 Å². The maximum atomic E-state index is 13.8. The molecular formula is C28H23F2NO8. The number of alkyl halides is 2. The van der Waals surface area contributed by atoms with E-state index in [9.17, 15) is 23.5 Å². The van der Waals surface area contributed by atoms with Gasteiger partial charge in [-0.05, 0) is 42.8 Å². The lowest BCUT2D eigenvalue weighted by Crippen LogP contribution is -2.46. The second kappa shape index (κ2) is 8.75. The molecule has 3 atom stereocenters. The number of hydrogen-bond acceptors (Lipinski definition) is 7. The van der Waals surface area contributed by atoms with Gasteiger partial charge in [0.2, 0.25) is 5.91 Å². The number of methoxy groups -OCH3 is 1. The molecule has 0 saturated heterocycles. The summed E-state index contributed by atoms with van der Waals surface area (Å²) in [6.45, 7) is 1.66. The Hall–Kier alpha value is -4.54. The maximum Gasteiger partial charge on any atom is 0.586 e. The predicted octanol–water partition coefficient (Wildman–Crippen LogP) is 4.75. The van der Waals surface area contributed by atoms with E-state index in [0.717, 1.165) is 11.1 Å². The minimum Gasteiger partial charge on any atom is -0.497 e. The Morgan fingerprint density at radius 2 is 1.72 bits per heavy atom. The molecule has 3 aliphatic heterocycles. The van der Waals surface area contributed by atoms with Crippen LogP contribution in [0.2, 0.25) is 0 Å². The van der Waals surface area contributed by atoms with Gasteiger partial charge in [0.25, 0.3) is 0 Å². The highest BCUT2D eigenvalue weighted by molar-refractivity contribution is 5.90. The topological polar surface area (TPSA) is 113 Å². The standard InChI is InChI=1S/C28H23F2NO8/c1-27(13-36-22-12-24-23(10-18(22)27)38-28(29,30)39-24)26(34)31-19-11-20(14-3-5-15(6-4-14)25(32)33)37-21-9-16(35-2)7-8-17(19)21/h3-10,12,19-20H,11,13H2,1-2H3,(H,31,34)(H,32,33)/t19-,20-,27-/m1/s1. The number of benzene rings is 3. The summed E-state index contributed by atoms with van der Waals surface area (Å²) in [5, 5.41) is 12.3. The van der Waals surface area contributed by atoms with Crippen molar-refractivity contribution >= 4 is 11.9 Å². The van der Waals surface area contributed by atoms with Crippen molar-refractivity contribution in [3.8, 4) is 28.7 Å². The third-order valence-electron chi connectivity index (χ3n) is 7.27. The molecule has 39 heavy (non-hydrogen) atoms. The molecule has 0 bridgehead atoms. The number of aromatic carboxylic acids is 1. The van der Waals surface area contributed by atoms with Crippen LogP contribution in [0.3, 0.4) is 0 Å². The van der Waals surface area contributed by atoms with E-state index in [2.05, 4.69) is 14.8 Å². The van der Waals surface area contributed by atoms with Crippen LogP contribution >= 0.6 is 0 Å². The zero-order valence-corrected chi connectivity index (χ0v) is 20.8. The monoisotopic (exact) mass is 539 g/mol. The quantitative estimate of drug-likeness (QED) is 0.478. The highest BCUT2D eigenvalue weighted by Gasteiger charge is 2.49. The van der Waals surface area contributed by atoms with Gasteiger partial charge in [-0.2, -0.15) is 0 Å². The molecule has 2 N–H and O–H groups in total. The van der Waals surface area contributed by atoms with Gasteiger partial charge in [-0.15, -0.1) is 8.78 Å². The molecule has 3 aromatic carbocycles. The van der Waals surface area contributed by atoms with E-state index in [1.165, 1.54) is 31.4 Å². The van der Waals surface area contributed by atoms with Crippen molar-refractivity contribution in [3.63, 3.8) is 0 Å². The molecule has 0 spiro atoms. The van der Waals surface area contributed by atoms with Gasteiger partial charge in [0, 0.05) is 29.7 Å². The first-order valence-electron chi connectivity index (χ1n) is 12.1. The molecule has 6 rings (SSSR count). The minimum atomic E-state index is -3.79. The molecule has 0 aliphatic carbocycles. The highest BCUT2D eigenvalue weighted by Crippen LogP contribution is 2.50. The van der Waals surface area contributed by atoms with Crippen molar-refractivity contribution in [2.24, 2.45) is 0 Å². The first-order valence-corrected chi connectivity index (χ1v) is 12.1. The number of amides is 1. The summed E-state index contributed by atoms with van der Waals surface area (Å²) in [6, 6.07) is 13.8. The second-order valence-electron chi connectivity index (χ2n) is 9.78. The lowest BCUT2D eigenvalue weighted by atomic mass is 9.82. The van der Waals surface area contributed by atoms with Crippen molar-refractivity contribution < 1.29 is 47.2 Å². The predicted molar refractivity (Wildman–Crippen MR) is 131 cm³/mol. The van der Waals surface area contributed by atoms with Crippen molar-refractivity contribution in [3.05, 3.63) is 76.9 Å². The van der Waals surface area contributed by atoms with Crippen molar-refractivity contribution in [1.29, 1.82) is 0 Å². The van der Waals surface area contributed by atoms with E-state index in [1.807, 2.05) is 6.07 Å². The number of nitrogens with one attached hydrogen (secondary N) is 1. The van der Waals surface area contributed by atoms with Crippen LogP contribution in [0.1, 0.15) is 52.5 Å². The number of ether oxygens (including phenoxy) is 5. The summed E-state index contributed by atoms with van der Waals surface area (Å²) >= 11 is 0. The van der Waals surface area contributed by atoms with E-state index in [1.54, 1.807) is 31.2 Å². The van der Waals surface area contributed by atoms with Gasteiger partial charge < -0.3 is 34.1 Å². The molecular weight excluding hydrogens is 516 g/mol. The minimum absolute atomic E-state index is 0.00772. The lowest BCUT2D eigenvalue weighted by Gasteiger charge is -2.35. The molecule has 1 amide bonds. The lowest BCUT2D eigenvalue weighted by molar-refractivity contribution is -0.286. The van der Waals surface area contributed by atoms with Gasteiger partial charge in [-0.1, -0.05) is 12.1 Å². The molecule has 0 unspecified atom stereocenters. The molecule has 3 aliphatic rings. The Balaban J connectivity index is 1.30. The molecule has 9 nitrogen and oxygen atoms in total. The highest BCUT2D eigenvalue weighted by atomic mass is 19.3. The van der Waals surface area contributed by atoms with Crippen LogP contribution in [0.25, 0.3) is 0 Å². The Kier molecular flexibility index (Phi) is 5.56. The van der Waals surface area contributed by atoms with Gasteiger partial charge in [0.15, 0.2) is 11.5 Å². The Labute approximate surface area is 221 Å². The van der Waals surface area contributed by atoms with Crippen molar-refractivity contribution in [2.45, 2.75) is 37.2 Å². The number of carbonyl (C=O) groups is 2. The molecule has 0 radical (unpaired) electrons. The van der Waals surface area contributed by atoms with Gasteiger partial charge >= 0.3 is 12.3 Å². The number of halogens is 2. The van der Waals surface area contributed by atoms with Crippen LogP contribution in [0.4, 0.5) is 8.78 Å². The summed E-state index contributed by atoms with van der Waals surface area (Å²) < 4.78 is 53.6. The fraction of sp³-hybridized carbons (Fsp3) is 0.286. The number of carboxylic acid groups (broad SMARTS) is 1. The summed E-state index contributed by atoms with van der Waals surface area (Å²) in [6.07, 6.45) is -3.93. The third-order valence-corrected chi connectivity index (χ3v) is 7.27. The molecule has 3 heterocycles. The Morgan fingerprint density at radius 3 is 2.41 bits per heavy atom. The Morgan fingerprint density at radius 1 is 1.00 bits per heavy atom. The number of hydrogen-bond donors (Lipinski definition) is 2. The Bertz CT molecular complexity index is 1490. The van der Waals surface area contributed by atoms with Crippen LogP contribution in [-0.2, 0) is 10.2 Å². The van der Waals surface area contributed by atoms with E-state index in [-0.39, 0.29) is 35.3 Å². The number of rotatable bonds is 5. The summed E-state index contributed by atoms with van der Waals surface area (Å²) in [5.41, 5.74) is 0.823. The maximum absolute atomic E-state index is 13.8. The van der Waals surface area contributed by atoms with E-state index in [0.29, 0.717) is 23.5 Å². The summed E-state index contributed by atoms with van der Waals surface area (Å²) in [5.74, 6) is -0.397. The SMILES string of the molecule is COc1ccc2c(c1)O[C@@H](c1ccc(C(=O)O)cc1)C[C@H]2NC(=O)[C@]1(C)COc2cc3c(cc21)OC(F)(F)O3. The second-order valence-corrected chi connectivity index (χ2v) is 9.78. The average Bonchev–Trinajstić information content (AvgIpc) is 3.41. The number of carbonyl (C=O) groups excluding carboxylic acids is 1. The largest absolute Gasteiger partial charge is 0.586 e. The first-order chi connectivity index (χ1) is 18.6. The van der Waals surface area contributed by atoms with E-state index < -0.39 is 29.8 Å². The normalized spacial score (nSPS) is 23.6. The number of carboxylic acids is 1. The third kappa shape index (κ3) is 4.23. The molecule has 0 aromatic heterocycles. The zero-order chi connectivity index (χ0) is 27.5. The van der Waals surface area contributed by atoms with Crippen molar-refractivity contribution in [1.82, 2.24) is 5.32 Å². The van der Waals surface area contributed by atoms with Crippen LogP contribution in [0.5, 0.6) is 28.7 Å². The first kappa shape index (κ1) is 24.8.